The first kappa shape index (κ1) is 14.1. The van der Waals surface area contributed by atoms with Crippen LogP contribution in [0.25, 0.3) is 0 Å². The summed E-state index contributed by atoms with van der Waals surface area (Å²) in [6.45, 7) is 1.48. The van der Waals surface area contributed by atoms with Crippen LogP contribution in [-0.4, -0.2) is 22.5 Å². The fourth-order valence-corrected chi connectivity index (χ4v) is 2.73. The summed E-state index contributed by atoms with van der Waals surface area (Å²) < 4.78 is 6.33. The number of amides is 1. The molecule has 108 valence electrons. The van der Waals surface area contributed by atoms with Gasteiger partial charge in [0, 0.05) is 17.2 Å². The predicted octanol–water partition coefficient (Wildman–Crippen LogP) is 3.54. The van der Waals surface area contributed by atoms with Gasteiger partial charge in [-0.25, -0.2) is 4.79 Å². The summed E-state index contributed by atoms with van der Waals surface area (Å²) in [5.41, 5.74) is 3.13. The van der Waals surface area contributed by atoms with Crippen molar-refractivity contribution in [3.05, 3.63) is 63.9 Å². The average Bonchev–Trinajstić information content (AvgIpc) is 2.53. The summed E-state index contributed by atoms with van der Waals surface area (Å²) in [6, 6.07) is 11.8. The lowest BCUT2D eigenvalue weighted by Crippen LogP contribution is -2.36. The molecular weight excluding hydrogens is 332 g/mol. The Morgan fingerprint density at radius 2 is 2.14 bits per heavy atom. The molecule has 1 aliphatic rings. The first-order valence-electron chi connectivity index (χ1n) is 6.81. The zero-order chi connectivity index (χ0) is 14.7. The Labute approximate surface area is 131 Å². The van der Waals surface area contributed by atoms with Crippen LogP contribution in [0.15, 0.2) is 47.1 Å². The van der Waals surface area contributed by atoms with Crippen LogP contribution in [0.1, 0.15) is 16.8 Å². The molecule has 0 atom stereocenters. The number of rotatable bonds is 2. The van der Waals surface area contributed by atoms with E-state index in [1.165, 1.54) is 5.56 Å². The van der Waals surface area contributed by atoms with E-state index in [4.69, 9.17) is 4.74 Å². The number of pyridine rings is 1. The van der Waals surface area contributed by atoms with Crippen LogP contribution in [0.5, 0.6) is 0 Å². The molecule has 1 amide bonds. The molecule has 21 heavy (non-hydrogen) atoms. The Kier molecular flexibility index (Phi) is 4.20. The third kappa shape index (κ3) is 3.42. The first-order valence-corrected chi connectivity index (χ1v) is 7.60. The number of hydrogen-bond acceptors (Lipinski definition) is 3. The van der Waals surface area contributed by atoms with Gasteiger partial charge in [0.15, 0.2) is 0 Å². The largest absolute Gasteiger partial charge is 0.445 e. The van der Waals surface area contributed by atoms with E-state index >= 15 is 0 Å². The number of fused-ring (bicyclic) bond motifs is 1. The van der Waals surface area contributed by atoms with Gasteiger partial charge in [0.25, 0.3) is 0 Å². The highest BCUT2D eigenvalue weighted by molar-refractivity contribution is 9.10. The predicted molar refractivity (Wildman–Crippen MR) is 82.7 cm³/mol. The maximum Gasteiger partial charge on any atom is 0.410 e. The maximum absolute atomic E-state index is 12.1. The van der Waals surface area contributed by atoms with E-state index < -0.39 is 0 Å². The number of benzene rings is 1. The van der Waals surface area contributed by atoms with Crippen LogP contribution in [-0.2, 0) is 24.3 Å². The lowest BCUT2D eigenvalue weighted by atomic mass is 10.1. The number of carbonyl (C=O) groups is 1. The third-order valence-corrected chi connectivity index (χ3v) is 3.92. The molecule has 1 aliphatic heterocycles. The Hall–Kier alpha value is -1.88. The SMILES string of the molecule is O=C(OCc1ccccc1)N1CCc2cc(Br)cnc2C1. The van der Waals surface area contributed by atoms with Gasteiger partial charge in [-0.15, -0.1) is 0 Å². The molecule has 2 heterocycles. The van der Waals surface area contributed by atoms with Crippen molar-refractivity contribution in [3.63, 3.8) is 0 Å². The minimum Gasteiger partial charge on any atom is -0.445 e. The molecule has 1 aromatic carbocycles. The molecule has 5 heteroatoms. The van der Waals surface area contributed by atoms with Crippen molar-refractivity contribution in [1.29, 1.82) is 0 Å². The molecule has 0 saturated heterocycles. The molecule has 2 aromatic rings. The highest BCUT2D eigenvalue weighted by Gasteiger charge is 2.22. The lowest BCUT2D eigenvalue weighted by Gasteiger charge is -2.27. The van der Waals surface area contributed by atoms with Crippen molar-refractivity contribution in [1.82, 2.24) is 9.88 Å². The minimum atomic E-state index is -0.283. The molecule has 0 fully saturated rings. The van der Waals surface area contributed by atoms with Crippen LogP contribution in [0.3, 0.4) is 0 Å². The van der Waals surface area contributed by atoms with E-state index in [-0.39, 0.29) is 6.09 Å². The fourth-order valence-electron chi connectivity index (χ4n) is 2.35. The summed E-state index contributed by atoms with van der Waals surface area (Å²) in [5, 5.41) is 0. The van der Waals surface area contributed by atoms with Gasteiger partial charge in [-0.05, 0) is 39.5 Å². The standard InChI is InChI=1S/C16H15BrN2O2/c17-14-8-13-6-7-19(10-15(13)18-9-14)16(20)21-11-12-4-2-1-3-5-12/h1-5,8-9H,6-7,10-11H2. The van der Waals surface area contributed by atoms with Gasteiger partial charge in [-0.3, -0.25) is 4.98 Å². The van der Waals surface area contributed by atoms with Gasteiger partial charge in [-0.2, -0.15) is 0 Å². The monoisotopic (exact) mass is 346 g/mol. The normalized spacial score (nSPS) is 13.7. The second kappa shape index (κ2) is 6.26. The number of nitrogens with zero attached hydrogens (tertiary/aromatic N) is 2. The van der Waals surface area contributed by atoms with Crippen LogP contribution in [0.4, 0.5) is 4.79 Å². The number of ether oxygens (including phenoxy) is 1. The van der Waals surface area contributed by atoms with Crippen LogP contribution < -0.4 is 0 Å². The van der Waals surface area contributed by atoms with E-state index in [0.717, 1.165) is 22.2 Å². The number of halogens is 1. The highest BCUT2D eigenvalue weighted by Crippen LogP contribution is 2.21. The maximum atomic E-state index is 12.1. The molecule has 0 saturated carbocycles. The van der Waals surface area contributed by atoms with Crippen molar-refractivity contribution < 1.29 is 9.53 Å². The molecule has 0 spiro atoms. The molecule has 0 radical (unpaired) electrons. The van der Waals surface area contributed by atoms with E-state index in [1.807, 2.05) is 30.3 Å². The van der Waals surface area contributed by atoms with Gasteiger partial charge < -0.3 is 9.64 Å². The second-order valence-corrected chi connectivity index (χ2v) is 5.89. The van der Waals surface area contributed by atoms with Gasteiger partial charge in [0.1, 0.15) is 6.61 Å². The van der Waals surface area contributed by atoms with Crippen molar-refractivity contribution in [2.24, 2.45) is 0 Å². The molecular formula is C16H15BrN2O2. The van der Waals surface area contributed by atoms with Crippen LogP contribution >= 0.6 is 15.9 Å². The average molecular weight is 347 g/mol. The third-order valence-electron chi connectivity index (χ3n) is 3.48. The Balaban J connectivity index is 1.60. The van der Waals surface area contributed by atoms with Crippen molar-refractivity contribution in [3.8, 4) is 0 Å². The highest BCUT2D eigenvalue weighted by atomic mass is 79.9. The van der Waals surface area contributed by atoms with E-state index in [0.29, 0.717) is 19.7 Å². The zero-order valence-electron chi connectivity index (χ0n) is 11.5. The molecule has 0 unspecified atom stereocenters. The van der Waals surface area contributed by atoms with Crippen LogP contribution in [0, 0.1) is 0 Å². The lowest BCUT2D eigenvalue weighted by molar-refractivity contribution is 0.0912. The molecule has 1 aromatic heterocycles. The fraction of sp³-hybridized carbons (Fsp3) is 0.250. The zero-order valence-corrected chi connectivity index (χ0v) is 13.0. The number of hydrogen-bond donors (Lipinski definition) is 0. The summed E-state index contributed by atoms with van der Waals surface area (Å²) >= 11 is 3.42. The first-order chi connectivity index (χ1) is 10.2. The topological polar surface area (TPSA) is 42.4 Å². The number of carbonyl (C=O) groups excluding carboxylic acids is 1. The van der Waals surface area contributed by atoms with Crippen LogP contribution in [0.2, 0.25) is 0 Å². The minimum absolute atomic E-state index is 0.283. The molecule has 0 bridgehead atoms. The van der Waals surface area contributed by atoms with Gasteiger partial charge in [0.2, 0.25) is 0 Å². The van der Waals surface area contributed by atoms with Crippen molar-refractivity contribution >= 4 is 22.0 Å². The molecule has 3 rings (SSSR count). The number of aromatic nitrogens is 1. The van der Waals surface area contributed by atoms with E-state index in [2.05, 4.69) is 27.0 Å². The van der Waals surface area contributed by atoms with Crippen molar-refractivity contribution in [2.75, 3.05) is 6.54 Å². The second-order valence-electron chi connectivity index (χ2n) is 4.97. The Morgan fingerprint density at radius 3 is 2.95 bits per heavy atom. The summed E-state index contributed by atoms with van der Waals surface area (Å²) in [6.07, 6.45) is 2.29. The Bertz CT molecular complexity index is 646. The molecule has 4 nitrogen and oxygen atoms in total. The van der Waals surface area contributed by atoms with E-state index in [1.54, 1.807) is 11.1 Å². The summed E-state index contributed by atoms with van der Waals surface area (Å²) in [4.78, 5) is 18.2. The quantitative estimate of drug-likeness (QED) is 0.835. The molecule has 0 aliphatic carbocycles. The van der Waals surface area contributed by atoms with Gasteiger partial charge in [-0.1, -0.05) is 30.3 Å². The summed E-state index contributed by atoms with van der Waals surface area (Å²) in [5.74, 6) is 0. The van der Waals surface area contributed by atoms with Crippen molar-refractivity contribution in [2.45, 2.75) is 19.6 Å². The van der Waals surface area contributed by atoms with Gasteiger partial charge in [0.05, 0.1) is 12.2 Å². The van der Waals surface area contributed by atoms with E-state index in [9.17, 15) is 4.79 Å². The van der Waals surface area contributed by atoms with Gasteiger partial charge >= 0.3 is 6.09 Å². The summed E-state index contributed by atoms with van der Waals surface area (Å²) in [7, 11) is 0. The smallest absolute Gasteiger partial charge is 0.410 e. The Morgan fingerprint density at radius 1 is 1.33 bits per heavy atom. The molecule has 0 N–H and O–H groups in total.